The molecule has 0 rings (SSSR count). The van der Waals surface area contributed by atoms with Gasteiger partial charge in [0.15, 0.2) is 0 Å². The maximum Gasteiger partial charge on any atom is 0.243 e. The highest BCUT2D eigenvalue weighted by atomic mass is 16.1. The van der Waals surface area contributed by atoms with Gasteiger partial charge >= 0.3 is 0 Å². The molecule has 0 atom stereocenters. The maximum atomic E-state index is 10.8. The van der Waals surface area contributed by atoms with Crippen molar-refractivity contribution in [2.24, 2.45) is 0 Å². The maximum absolute atomic E-state index is 10.8. The third-order valence-electron chi connectivity index (χ3n) is 0.956. The molecule has 0 aromatic carbocycles. The van der Waals surface area contributed by atoms with E-state index in [-0.39, 0.29) is 5.91 Å². The third-order valence-corrected chi connectivity index (χ3v) is 0.956. The molecule has 0 fully saturated rings. The fourth-order valence-corrected chi connectivity index (χ4v) is 0.555. The van der Waals surface area contributed by atoms with Crippen LogP contribution in [0.1, 0.15) is 20.3 Å². The van der Waals surface area contributed by atoms with Crippen LogP contribution in [0.5, 0.6) is 0 Å². The Morgan fingerprint density at radius 2 is 2.27 bits per heavy atom. The average molecular weight is 152 g/mol. The SMILES string of the molecule is CC(C)=CC(=O)NCCC#N. The molecule has 0 heterocycles. The van der Waals surface area contributed by atoms with Gasteiger partial charge in [0.2, 0.25) is 5.91 Å². The highest BCUT2D eigenvalue weighted by molar-refractivity contribution is 5.87. The topological polar surface area (TPSA) is 52.9 Å². The van der Waals surface area contributed by atoms with Gasteiger partial charge in [0.1, 0.15) is 0 Å². The molecule has 0 aliphatic carbocycles. The molecule has 0 radical (unpaired) electrons. The van der Waals surface area contributed by atoms with E-state index in [1.165, 1.54) is 6.08 Å². The van der Waals surface area contributed by atoms with Crippen LogP contribution < -0.4 is 5.32 Å². The second-order valence-corrected chi connectivity index (χ2v) is 2.42. The molecule has 1 amide bonds. The number of allylic oxidation sites excluding steroid dienone is 1. The zero-order valence-corrected chi connectivity index (χ0v) is 6.85. The van der Waals surface area contributed by atoms with E-state index >= 15 is 0 Å². The molecule has 0 saturated carbocycles. The minimum atomic E-state index is -0.125. The fraction of sp³-hybridized carbons (Fsp3) is 0.500. The van der Waals surface area contributed by atoms with Crippen LogP contribution in [-0.4, -0.2) is 12.5 Å². The lowest BCUT2D eigenvalue weighted by Crippen LogP contribution is -2.21. The van der Waals surface area contributed by atoms with Crippen molar-refractivity contribution in [2.45, 2.75) is 20.3 Å². The molecule has 3 heteroatoms. The van der Waals surface area contributed by atoms with Crippen molar-refractivity contribution in [2.75, 3.05) is 6.54 Å². The van der Waals surface area contributed by atoms with E-state index in [0.717, 1.165) is 5.57 Å². The van der Waals surface area contributed by atoms with Crippen molar-refractivity contribution < 1.29 is 4.79 Å². The van der Waals surface area contributed by atoms with Gasteiger partial charge in [-0.3, -0.25) is 4.79 Å². The van der Waals surface area contributed by atoms with Crippen molar-refractivity contribution in [1.82, 2.24) is 5.32 Å². The molecular weight excluding hydrogens is 140 g/mol. The van der Waals surface area contributed by atoms with E-state index < -0.39 is 0 Å². The molecule has 0 aliphatic rings. The summed E-state index contributed by atoms with van der Waals surface area (Å²) in [5, 5.41) is 10.7. The van der Waals surface area contributed by atoms with Gasteiger partial charge in [0.05, 0.1) is 12.5 Å². The number of amides is 1. The Labute approximate surface area is 66.7 Å². The molecular formula is C8H12N2O. The molecule has 0 spiro atoms. The van der Waals surface area contributed by atoms with Crippen LogP contribution >= 0.6 is 0 Å². The summed E-state index contributed by atoms with van der Waals surface area (Å²) in [6.07, 6.45) is 1.87. The predicted octanol–water partition coefficient (Wildman–Crippen LogP) is 0.982. The predicted molar refractivity (Wildman–Crippen MR) is 42.7 cm³/mol. The Bertz CT molecular complexity index is 197. The molecule has 3 nitrogen and oxygen atoms in total. The Morgan fingerprint density at radius 3 is 2.73 bits per heavy atom. The molecule has 11 heavy (non-hydrogen) atoms. The minimum Gasteiger partial charge on any atom is -0.352 e. The van der Waals surface area contributed by atoms with Gasteiger partial charge in [-0.05, 0) is 13.8 Å². The van der Waals surface area contributed by atoms with E-state index in [0.29, 0.717) is 13.0 Å². The normalized spacial score (nSPS) is 8.09. The standard InChI is InChI=1S/C8H12N2O/c1-7(2)6-8(11)10-5-3-4-9/h6H,3,5H2,1-2H3,(H,10,11). The summed E-state index contributed by atoms with van der Waals surface area (Å²) in [5.41, 5.74) is 0.958. The lowest BCUT2D eigenvalue weighted by atomic mass is 10.3. The van der Waals surface area contributed by atoms with Crippen LogP contribution in [0, 0.1) is 11.3 Å². The smallest absolute Gasteiger partial charge is 0.243 e. The first-order valence-corrected chi connectivity index (χ1v) is 3.46. The van der Waals surface area contributed by atoms with Gasteiger partial charge in [0, 0.05) is 12.6 Å². The number of rotatable bonds is 3. The fourth-order valence-electron chi connectivity index (χ4n) is 0.555. The highest BCUT2D eigenvalue weighted by Gasteiger charge is 1.92. The first-order valence-electron chi connectivity index (χ1n) is 3.46. The number of nitrogens with one attached hydrogen (secondary N) is 1. The van der Waals surface area contributed by atoms with Gasteiger partial charge in [-0.25, -0.2) is 0 Å². The minimum absolute atomic E-state index is 0.125. The molecule has 0 unspecified atom stereocenters. The van der Waals surface area contributed by atoms with Crippen LogP contribution in [0.25, 0.3) is 0 Å². The number of carbonyl (C=O) groups excluding carboxylic acids is 1. The van der Waals surface area contributed by atoms with Crippen molar-refractivity contribution in [3.8, 4) is 6.07 Å². The number of carbonyl (C=O) groups is 1. The Hall–Kier alpha value is -1.30. The van der Waals surface area contributed by atoms with E-state index in [4.69, 9.17) is 5.26 Å². The zero-order chi connectivity index (χ0) is 8.69. The number of nitriles is 1. The van der Waals surface area contributed by atoms with Gasteiger partial charge in [-0.1, -0.05) is 5.57 Å². The summed E-state index contributed by atoms with van der Waals surface area (Å²) >= 11 is 0. The van der Waals surface area contributed by atoms with E-state index in [1.54, 1.807) is 0 Å². The summed E-state index contributed by atoms with van der Waals surface area (Å²) in [6.45, 7) is 4.13. The zero-order valence-electron chi connectivity index (χ0n) is 6.85. The number of nitrogens with zero attached hydrogens (tertiary/aromatic N) is 1. The molecule has 0 aliphatic heterocycles. The third kappa shape index (κ3) is 6.59. The van der Waals surface area contributed by atoms with Crippen LogP contribution in [0.2, 0.25) is 0 Å². The molecule has 0 aromatic heterocycles. The quantitative estimate of drug-likeness (QED) is 0.484. The summed E-state index contributed by atoms with van der Waals surface area (Å²) in [4.78, 5) is 10.8. The average Bonchev–Trinajstić information content (AvgIpc) is 1.86. The molecule has 0 aromatic rings. The van der Waals surface area contributed by atoms with Crippen LogP contribution in [-0.2, 0) is 4.79 Å². The van der Waals surface area contributed by atoms with Crippen LogP contribution in [0.3, 0.4) is 0 Å². The Morgan fingerprint density at radius 1 is 1.64 bits per heavy atom. The van der Waals surface area contributed by atoms with Crippen LogP contribution in [0.15, 0.2) is 11.6 Å². The van der Waals surface area contributed by atoms with Crippen LogP contribution in [0.4, 0.5) is 0 Å². The first kappa shape index (κ1) is 9.70. The summed E-state index contributed by atoms with van der Waals surface area (Å²) in [7, 11) is 0. The molecule has 1 N–H and O–H groups in total. The highest BCUT2D eigenvalue weighted by Crippen LogP contribution is 1.86. The molecule has 0 bridgehead atoms. The largest absolute Gasteiger partial charge is 0.352 e. The van der Waals surface area contributed by atoms with Crippen molar-refractivity contribution in [3.63, 3.8) is 0 Å². The van der Waals surface area contributed by atoms with Crippen molar-refractivity contribution in [1.29, 1.82) is 5.26 Å². The second-order valence-electron chi connectivity index (χ2n) is 2.42. The van der Waals surface area contributed by atoms with Gasteiger partial charge in [-0.2, -0.15) is 5.26 Å². The van der Waals surface area contributed by atoms with E-state index in [9.17, 15) is 4.79 Å². The summed E-state index contributed by atoms with van der Waals surface area (Å²) in [5.74, 6) is -0.125. The lowest BCUT2D eigenvalue weighted by Gasteiger charge is -1.96. The Kier molecular flexibility index (Phi) is 4.83. The molecule has 60 valence electrons. The number of hydrogen-bond acceptors (Lipinski definition) is 2. The lowest BCUT2D eigenvalue weighted by molar-refractivity contribution is -0.116. The summed E-state index contributed by atoms with van der Waals surface area (Å²) in [6, 6.07) is 1.94. The van der Waals surface area contributed by atoms with Crippen molar-refractivity contribution >= 4 is 5.91 Å². The number of hydrogen-bond donors (Lipinski definition) is 1. The molecule has 0 saturated heterocycles. The van der Waals surface area contributed by atoms with E-state index in [2.05, 4.69) is 5.32 Å². The summed E-state index contributed by atoms with van der Waals surface area (Å²) < 4.78 is 0. The first-order chi connectivity index (χ1) is 5.16. The van der Waals surface area contributed by atoms with Gasteiger partial charge in [0.25, 0.3) is 0 Å². The van der Waals surface area contributed by atoms with Gasteiger partial charge < -0.3 is 5.32 Å². The monoisotopic (exact) mass is 152 g/mol. The van der Waals surface area contributed by atoms with Gasteiger partial charge in [-0.15, -0.1) is 0 Å². The Balaban J connectivity index is 3.56. The van der Waals surface area contributed by atoms with Crippen molar-refractivity contribution in [3.05, 3.63) is 11.6 Å². The van der Waals surface area contributed by atoms with E-state index in [1.807, 2.05) is 19.9 Å². The second kappa shape index (κ2) is 5.48.